The van der Waals surface area contributed by atoms with Crippen LogP contribution >= 0.6 is 35.1 Å². The Hall–Kier alpha value is -4.09. The number of ether oxygens (including phenoxy) is 2. The summed E-state index contributed by atoms with van der Waals surface area (Å²) in [4.78, 5) is 13.8. The highest BCUT2D eigenvalue weighted by molar-refractivity contribution is 7.98. The fraction of sp³-hybridized carbons (Fsp3) is 0.263. The zero-order chi connectivity index (χ0) is 34.1. The minimum atomic E-state index is -1.00. The number of carbonyl (C=O) groups is 1. The first-order chi connectivity index (χ1) is 23.9. The van der Waals surface area contributed by atoms with E-state index in [2.05, 4.69) is 41.5 Å². The van der Waals surface area contributed by atoms with E-state index < -0.39 is 5.97 Å². The number of aromatic nitrogens is 3. The quantitative estimate of drug-likeness (QED) is 0.0962. The molecule has 252 valence electrons. The zero-order valence-electron chi connectivity index (χ0n) is 27.2. The Morgan fingerprint density at radius 2 is 1.88 bits per heavy atom. The van der Waals surface area contributed by atoms with E-state index in [1.54, 1.807) is 30.5 Å². The van der Waals surface area contributed by atoms with Gasteiger partial charge in [0.25, 0.3) is 0 Å². The first kappa shape index (κ1) is 33.4. The molecule has 0 saturated heterocycles. The van der Waals surface area contributed by atoms with Crippen LogP contribution in [0.1, 0.15) is 39.4 Å². The van der Waals surface area contributed by atoms with Gasteiger partial charge in [0, 0.05) is 51.1 Å². The highest BCUT2D eigenvalue weighted by atomic mass is 35.5. The SMILES string of the molecule is COc1ccc(CSc2cc(OCCCc3c(C(=O)O)n(C)c4c(-c5c(CO)nn6c5CSCC6)c(Cl)ccc34)c3ccccc3c2)cc1. The smallest absolute Gasteiger partial charge is 0.352 e. The number of thioether (sulfide) groups is 2. The highest BCUT2D eigenvalue weighted by Gasteiger charge is 2.29. The lowest BCUT2D eigenvalue weighted by molar-refractivity contribution is 0.0685. The number of aromatic carboxylic acids is 1. The molecule has 0 radical (unpaired) electrons. The first-order valence-electron chi connectivity index (χ1n) is 16.1. The van der Waals surface area contributed by atoms with Gasteiger partial charge in [-0.1, -0.05) is 54.1 Å². The molecule has 0 spiro atoms. The van der Waals surface area contributed by atoms with E-state index in [4.69, 9.17) is 21.1 Å². The molecule has 1 aliphatic heterocycles. The number of carboxylic acid groups (broad SMARTS) is 1. The van der Waals surface area contributed by atoms with Crippen molar-refractivity contribution in [3.05, 3.63) is 106 Å². The average Bonchev–Trinajstić information content (AvgIpc) is 3.63. The molecule has 6 aromatic rings. The third kappa shape index (κ3) is 6.50. The molecule has 0 atom stereocenters. The Kier molecular flexibility index (Phi) is 9.82. The standard InChI is InChI=1S/C38H36ClN3O5S2/c1-41-36-29(13-14-30(39)34(36)35-31(20-43)40-42-15-17-48-22-32(35)42)28(37(41)38(44)45)8-5-16-47-33-19-26(18-24-6-3-4-7-27(24)33)49-21-23-9-11-25(46-2)12-10-23/h3-4,6-7,9-14,18-19,43H,5,8,15-17,20-22H2,1-2H3,(H,44,45). The molecule has 4 aromatic carbocycles. The van der Waals surface area contributed by atoms with Crippen molar-refractivity contribution >= 4 is 62.8 Å². The molecule has 0 bridgehead atoms. The Bertz CT molecular complexity index is 2180. The van der Waals surface area contributed by atoms with Crippen LogP contribution in [0.15, 0.2) is 77.7 Å². The van der Waals surface area contributed by atoms with Crippen LogP contribution in [0.2, 0.25) is 5.02 Å². The number of fused-ring (bicyclic) bond motifs is 3. The van der Waals surface area contributed by atoms with Gasteiger partial charge in [-0.2, -0.15) is 16.9 Å². The summed E-state index contributed by atoms with van der Waals surface area (Å²) in [5.41, 5.74) is 5.97. The normalized spacial score (nSPS) is 12.8. The molecule has 3 heterocycles. The molecule has 0 amide bonds. The van der Waals surface area contributed by atoms with Gasteiger partial charge >= 0.3 is 5.97 Å². The molecule has 0 saturated carbocycles. The molecular formula is C38H36ClN3O5S2. The van der Waals surface area contributed by atoms with Gasteiger partial charge in [-0.3, -0.25) is 4.68 Å². The number of nitrogens with zero attached hydrogens (tertiary/aromatic N) is 3. The monoisotopic (exact) mass is 713 g/mol. The van der Waals surface area contributed by atoms with Crippen LogP contribution in [0.3, 0.4) is 0 Å². The molecule has 0 unspecified atom stereocenters. The molecule has 11 heteroatoms. The summed E-state index contributed by atoms with van der Waals surface area (Å²) in [6.45, 7) is 0.928. The van der Waals surface area contributed by atoms with E-state index in [0.29, 0.717) is 30.2 Å². The number of halogens is 1. The average molecular weight is 714 g/mol. The van der Waals surface area contributed by atoms with Gasteiger partial charge in [-0.05, 0) is 59.7 Å². The lowest BCUT2D eigenvalue weighted by atomic mass is 9.98. The summed E-state index contributed by atoms with van der Waals surface area (Å²) in [5, 5.41) is 28.9. The number of carboxylic acids is 1. The Morgan fingerprint density at radius 3 is 2.65 bits per heavy atom. The summed E-state index contributed by atoms with van der Waals surface area (Å²) in [5.74, 6) is 3.14. The van der Waals surface area contributed by atoms with E-state index in [1.807, 2.05) is 52.8 Å². The number of hydrogen-bond donors (Lipinski definition) is 2. The van der Waals surface area contributed by atoms with Gasteiger partial charge in [0.1, 0.15) is 17.2 Å². The van der Waals surface area contributed by atoms with Crippen molar-refractivity contribution in [1.29, 1.82) is 0 Å². The molecular weight excluding hydrogens is 678 g/mol. The van der Waals surface area contributed by atoms with Gasteiger partial charge < -0.3 is 24.3 Å². The summed E-state index contributed by atoms with van der Waals surface area (Å²) >= 11 is 10.5. The van der Waals surface area contributed by atoms with E-state index >= 15 is 0 Å². The molecule has 7 rings (SSSR count). The van der Waals surface area contributed by atoms with Gasteiger partial charge in [-0.15, -0.1) is 11.8 Å². The predicted octanol–water partition coefficient (Wildman–Crippen LogP) is 8.60. The second-order valence-corrected chi connectivity index (χ2v) is 14.5. The van der Waals surface area contributed by atoms with Crippen molar-refractivity contribution in [3.63, 3.8) is 0 Å². The lowest BCUT2D eigenvalue weighted by Crippen LogP contribution is -2.12. The Balaban J connectivity index is 1.16. The largest absolute Gasteiger partial charge is 0.497 e. The Labute approximate surface area is 298 Å². The molecule has 0 aliphatic carbocycles. The molecule has 2 N–H and O–H groups in total. The molecule has 0 fully saturated rings. The number of aryl methyl sites for hydroxylation is 3. The number of aliphatic hydroxyl groups excluding tert-OH is 1. The van der Waals surface area contributed by atoms with E-state index in [9.17, 15) is 15.0 Å². The number of hydrogen-bond acceptors (Lipinski definition) is 7. The molecule has 8 nitrogen and oxygen atoms in total. The van der Waals surface area contributed by atoms with Crippen LogP contribution in [0, 0.1) is 0 Å². The Morgan fingerprint density at radius 1 is 1.06 bits per heavy atom. The van der Waals surface area contributed by atoms with E-state index in [1.165, 1.54) is 5.56 Å². The van der Waals surface area contributed by atoms with Gasteiger partial charge in [-0.25, -0.2) is 4.79 Å². The summed E-state index contributed by atoms with van der Waals surface area (Å²) in [6.07, 6.45) is 1.11. The summed E-state index contributed by atoms with van der Waals surface area (Å²) < 4.78 is 15.4. The van der Waals surface area contributed by atoms with Crippen LogP contribution in [-0.4, -0.2) is 50.0 Å². The maximum atomic E-state index is 12.7. The molecule has 49 heavy (non-hydrogen) atoms. The number of benzene rings is 4. The number of rotatable bonds is 12. The minimum absolute atomic E-state index is 0.224. The van der Waals surface area contributed by atoms with Crippen molar-refractivity contribution in [2.75, 3.05) is 19.5 Å². The highest BCUT2D eigenvalue weighted by Crippen LogP contribution is 2.43. The minimum Gasteiger partial charge on any atom is -0.497 e. The van der Waals surface area contributed by atoms with E-state index in [0.717, 1.165) is 84.3 Å². The van der Waals surface area contributed by atoms with Crippen LogP contribution in [0.25, 0.3) is 32.8 Å². The number of aliphatic hydroxyl groups is 1. The second-order valence-electron chi connectivity index (χ2n) is 11.9. The van der Waals surface area contributed by atoms with Crippen molar-refractivity contribution in [3.8, 4) is 22.6 Å². The third-order valence-electron chi connectivity index (χ3n) is 9.02. The van der Waals surface area contributed by atoms with Gasteiger partial charge in [0.2, 0.25) is 0 Å². The summed E-state index contributed by atoms with van der Waals surface area (Å²) in [7, 11) is 3.44. The van der Waals surface area contributed by atoms with E-state index in [-0.39, 0.29) is 12.3 Å². The van der Waals surface area contributed by atoms with Crippen molar-refractivity contribution in [2.24, 2.45) is 7.05 Å². The van der Waals surface area contributed by atoms with Crippen LogP contribution < -0.4 is 9.47 Å². The van der Waals surface area contributed by atoms with Crippen molar-refractivity contribution < 1.29 is 24.5 Å². The van der Waals surface area contributed by atoms with Crippen LogP contribution in [0.4, 0.5) is 0 Å². The first-order valence-corrected chi connectivity index (χ1v) is 18.6. The summed E-state index contributed by atoms with van der Waals surface area (Å²) in [6, 6.07) is 24.3. The fourth-order valence-electron chi connectivity index (χ4n) is 6.74. The zero-order valence-corrected chi connectivity index (χ0v) is 29.6. The maximum Gasteiger partial charge on any atom is 0.352 e. The predicted molar refractivity (Wildman–Crippen MR) is 199 cm³/mol. The molecule has 1 aliphatic rings. The maximum absolute atomic E-state index is 12.7. The van der Waals surface area contributed by atoms with Crippen LogP contribution in [-0.2, 0) is 38.1 Å². The topological polar surface area (TPSA) is 98.7 Å². The van der Waals surface area contributed by atoms with Crippen molar-refractivity contribution in [2.45, 2.75) is 42.4 Å². The van der Waals surface area contributed by atoms with Crippen molar-refractivity contribution in [1.82, 2.24) is 14.3 Å². The fourth-order valence-corrected chi connectivity index (χ4v) is 8.84. The number of methoxy groups -OCH3 is 1. The van der Waals surface area contributed by atoms with Crippen LogP contribution in [0.5, 0.6) is 11.5 Å². The second kappa shape index (κ2) is 14.4. The van der Waals surface area contributed by atoms with Gasteiger partial charge in [0.05, 0.1) is 48.8 Å². The third-order valence-corrected chi connectivity index (χ3v) is 11.3. The van der Waals surface area contributed by atoms with Gasteiger partial charge in [0.15, 0.2) is 0 Å². The molecule has 2 aromatic heterocycles. The lowest BCUT2D eigenvalue weighted by Gasteiger charge is -2.16.